The lowest BCUT2D eigenvalue weighted by atomic mass is 10.0. The van der Waals surface area contributed by atoms with Crippen LogP contribution in [0.4, 0.5) is 5.69 Å². The van der Waals surface area contributed by atoms with Crippen LogP contribution in [0.5, 0.6) is 0 Å². The number of hydrogen-bond acceptors (Lipinski definition) is 3. The molecular formula is C16H19ClN2O2S. The smallest absolute Gasteiger partial charge is 0.270 e. The zero-order valence-corrected chi connectivity index (χ0v) is 13.9. The zero-order valence-electron chi connectivity index (χ0n) is 12.3. The Balaban J connectivity index is 0.000000246. The van der Waals surface area contributed by atoms with Gasteiger partial charge in [0.2, 0.25) is 0 Å². The lowest BCUT2D eigenvalue weighted by molar-refractivity contribution is -0.117. The van der Waals surface area contributed by atoms with E-state index >= 15 is 0 Å². The van der Waals surface area contributed by atoms with Crippen LogP contribution in [0, 0.1) is 0 Å². The minimum atomic E-state index is -0.944. The number of para-hydroxylation sites is 1. The number of hydrazone groups is 1. The second-order valence-corrected chi connectivity index (χ2v) is 6.27. The van der Waals surface area contributed by atoms with Gasteiger partial charge in [0.15, 0.2) is 5.38 Å². The number of benzene rings is 1. The van der Waals surface area contributed by atoms with Crippen LogP contribution in [-0.2, 0) is 16.1 Å². The standard InChI is InChI=1S/C10H7ClN2O2S.C6H12/c11-9-8(16-15)6-12-13(10(9)14)7-4-2-1-3-5-7;1-2-4-6-5-3-1/h1-6,9H;1-6H2. The van der Waals surface area contributed by atoms with Crippen molar-refractivity contribution in [3.63, 3.8) is 0 Å². The number of carbonyl (C=O) groups is 1. The molecule has 0 spiro atoms. The average Bonchev–Trinajstić information content (AvgIpc) is 2.60. The quantitative estimate of drug-likeness (QED) is 0.582. The van der Waals surface area contributed by atoms with Crippen molar-refractivity contribution in [1.29, 1.82) is 0 Å². The maximum Gasteiger partial charge on any atom is 0.270 e. The van der Waals surface area contributed by atoms with Crippen molar-refractivity contribution < 1.29 is 9.00 Å². The van der Waals surface area contributed by atoms with Crippen molar-refractivity contribution in [3.05, 3.63) is 30.3 Å². The van der Waals surface area contributed by atoms with Crippen LogP contribution in [0.25, 0.3) is 0 Å². The lowest BCUT2D eigenvalue weighted by Crippen LogP contribution is -2.42. The van der Waals surface area contributed by atoms with E-state index in [0.29, 0.717) is 5.69 Å². The molecule has 1 aliphatic heterocycles. The van der Waals surface area contributed by atoms with Crippen molar-refractivity contribution in [2.75, 3.05) is 5.01 Å². The van der Waals surface area contributed by atoms with Crippen LogP contribution in [0.1, 0.15) is 38.5 Å². The molecule has 6 heteroatoms. The summed E-state index contributed by atoms with van der Waals surface area (Å²) in [5, 5.41) is 4.15. The van der Waals surface area contributed by atoms with E-state index in [1.165, 1.54) is 49.7 Å². The van der Waals surface area contributed by atoms with Gasteiger partial charge in [-0.2, -0.15) is 10.1 Å². The fourth-order valence-electron chi connectivity index (χ4n) is 2.35. The summed E-state index contributed by atoms with van der Waals surface area (Å²) >= 11 is 6.03. The summed E-state index contributed by atoms with van der Waals surface area (Å²) in [6.07, 6.45) is 10.3. The maximum atomic E-state index is 11.8. The molecule has 1 unspecified atom stereocenters. The molecule has 1 amide bonds. The Morgan fingerprint density at radius 3 is 2.09 bits per heavy atom. The van der Waals surface area contributed by atoms with Gasteiger partial charge in [-0.05, 0) is 12.1 Å². The van der Waals surface area contributed by atoms with Crippen molar-refractivity contribution in [3.8, 4) is 0 Å². The van der Waals surface area contributed by atoms with Crippen LogP contribution >= 0.6 is 11.6 Å². The van der Waals surface area contributed by atoms with Crippen molar-refractivity contribution >= 4 is 45.5 Å². The van der Waals surface area contributed by atoms with E-state index in [4.69, 9.17) is 11.6 Å². The molecule has 118 valence electrons. The highest BCUT2D eigenvalue weighted by atomic mass is 35.5. The molecule has 0 aromatic heterocycles. The molecule has 1 saturated carbocycles. The van der Waals surface area contributed by atoms with E-state index in [1.807, 2.05) is 6.07 Å². The molecule has 0 radical (unpaired) electrons. The fraction of sp³-hybridized carbons (Fsp3) is 0.438. The summed E-state index contributed by atoms with van der Waals surface area (Å²) in [6, 6.07) is 8.92. The number of carbonyl (C=O) groups excluding carboxylic acids is 1. The van der Waals surface area contributed by atoms with Gasteiger partial charge in [-0.1, -0.05) is 56.7 Å². The van der Waals surface area contributed by atoms with E-state index in [0.717, 1.165) is 0 Å². The summed E-state index contributed by atoms with van der Waals surface area (Å²) in [4.78, 5) is 12.0. The minimum absolute atomic E-state index is 0.193. The molecule has 1 aliphatic carbocycles. The van der Waals surface area contributed by atoms with Crippen LogP contribution < -0.4 is 5.01 Å². The molecule has 1 heterocycles. The summed E-state index contributed by atoms with van der Waals surface area (Å²) in [5.41, 5.74) is 0.629. The van der Waals surface area contributed by atoms with E-state index in [1.54, 1.807) is 24.3 Å². The molecule has 2 aliphatic rings. The average molecular weight is 339 g/mol. The highest BCUT2D eigenvalue weighted by Gasteiger charge is 2.30. The monoisotopic (exact) mass is 338 g/mol. The molecule has 4 nitrogen and oxygen atoms in total. The molecule has 1 aromatic rings. The van der Waals surface area contributed by atoms with Crippen LogP contribution in [0.3, 0.4) is 0 Å². The fourth-order valence-corrected chi connectivity index (χ4v) is 2.89. The Bertz CT molecular complexity index is 570. The Morgan fingerprint density at radius 1 is 1.05 bits per heavy atom. The third-order valence-corrected chi connectivity index (χ3v) is 4.66. The molecule has 1 fully saturated rings. The van der Waals surface area contributed by atoms with Crippen LogP contribution in [0.2, 0.25) is 0 Å². The number of hydrogen-bond donors (Lipinski definition) is 0. The molecule has 1 aromatic carbocycles. The first-order chi connectivity index (χ1) is 10.7. The van der Waals surface area contributed by atoms with Gasteiger partial charge in [-0.3, -0.25) is 4.79 Å². The molecule has 0 N–H and O–H groups in total. The largest absolute Gasteiger partial charge is 0.270 e. The summed E-state index contributed by atoms with van der Waals surface area (Å²) in [6.45, 7) is 0. The molecule has 1 atom stereocenters. The summed E-state index contributed by atoms with van der Waals surface area (Å²) < 4.78 is 10.6. The SMILES string of the molecule is C1CCCCC1.O=S=C1C=NN(c2ccccc2)C(=O)C1Cl. The highest BCUT2D eigenvalue weighted by Crippen LogP contribution is 2.19. The third-order valence-electron chi connectivity index (χ3n) is 3.57. The Labute approximate surface area is 139 Å². The first-order valence-electron chi connectivity index (χ1n) is 7.48. The molecule has 0 bridgehead atoms. The number of rotatable bonds is 1. The van der Waals surface area contributed by atoms with Gasteiger partial charge in [0.25, 0.3) is 5.91 Å². The molecule has 22 heavy (non-hydrogen) atoms. The molecular weight excluding hydrogens is 320 g/mol. The Morgan fingerprint density at radius 2 is 1.59 bits per heavy atom. The first kappa shape index (κ1) is 16.9. The van der Waals surface area contributed by atoms with E-state index in [2.05, 4.69) is 5.10 Å². The summed E-state index contributed by atoms with van der Waals surface area (Å²) in [7, 11) is 0. The zero-order chi connectivity index (χ0) is 15.8. The second kappa shape index (κ2) is 8.86. The number of anilines is 1. The first-order valence-corrected chi connectivity index (χ1v) is 8.65. The number of nitrogens with zero attached hydrogens (tertiary/aromatic N) is 2. The topological polar surface area (TPSA) is 49.7 Å². The molecule has 0 saturated heterocycles. The van der Waals surface area contributed by atoms with Crippen LogP contribution in [0.15, 0.2) is 35.4 Å². The summed E-state index contributed by atoms with van der Waals surface area (Å²) in [5.74, 6) is -0.409. The normalized spacial score (nSPS) is 21.1. The van der Waals surface area contributed by atoms with Gasteiger partial charge in [-0.15, -0.1) is 11.6 Å². The minimum Gasteiger partial charge on any atom is -0.270 e. The lowest BCUT2D eigenvalue weighted by Gasteiger charge is -2.22. The Hall–Kier alpha value is -1.46. The van der Waals surface area contributed by atoms with Gasteiger partial charge in [0.05, 0.1) is 28.0 Å². The molecule has 3 rings (SSSR count). The predicted octanol–water partition coefficient (Wildman–Crippen LogP) is 3.35. The number of amides is 1. The van der Waals surface area contributed by atoms with E-state index in [-0.39, 0.29) is 16.1 Å². The highest BCUT2D eigenvalue weighted by molar-refractivity contribution is 7.68. The van der Waals surface area contributed by atoms with Gasteiger partial charge in [-0.25, -0.2) is 4.21 Å². The third kappa shape index (κ3) is 4.52. The van der Waals surface area contributed by atoms with Gasteiger partial charge < -0.3 is 0 Å². The van der Waals surface area contributed by atoms with Gasteiger partial charge in [0.1, 0.15) is 0 Å². The predicted molar refractivity (Wildman–Crippen MR) is 92.9 cm³/mol. The Kier molecular flexibility index (Phi) is 6.80. The van der Waals surface area contributed by atoms with Crippen molar-refractivity contribution in [2.45, 2.75) is 43.9 Å². The van der Waals surface area contributed by atoms with Crippen molar-refractivity contribution in [1.82, 2.24) is 0 Å². The van der Waals surface area contributed by atoms with Gasteiger partial charge >= 0.3 is 0 Å². The van der Waals surface area contributed by atoms with Crippen molar-refractivity contribution in [2.24, 2.45) is 5.10 Å². The second-order valence-electron chi connectivity index (χ2n) is 5.20. The van der Waals surface area contributed by atoms with E-state index in [9.17, 15) is 9.00 Å². The number of alkyl halides is 1. The van der Waals surface area contributed by atoms with Gasteiger partial charge in [0, 0.05) is 0 Å². The number of halogens is 1. The van der Waals surface area contributed by atoms with Crippen LogP contribution in [-0.4, -0.2) is 26.6 Å². The maximum absolute atomic E-state index is 11.8. The van der Waals surface area contributed by atoms with E-state index < -0.39 is 11.3 Å².